The third-order valence-electron chi connectivity index (χ3n) is 3.61. The van der Waals surface area contributed by atoms with Crippen LogP contribution in [0.3, 0.4) is 0 Å². The van der Waals surface area contributed by atoms with Gasteiger partial charge in [-0.1, -0.05) is 42.1 Å². The van der Waals surface area contributed by atoms with Gasteiger partial charge in [0, 0.05) is 7.05 Å². The minimum atomic E-state index is 0.652. The van der Waals surface area contributed by atoms with Crippen molar-refractivity contribution in [3.63, 3.8) is 0 Å². The molecular weight excluding hydrogens is 308 g/mol. The number of hydrogen-bond acceptors (Lipinski definition) is 5. The van der Waals surface area contributed by atoms with Crippen LogP contribution in [0.2, 0.25) is 0 Å². The highest BCUT2D eigenvalue weighted by atomic mass is 32.2. The van der Waals surface area contributed by atoms with E-state index >= 15 is 0 Å². The Morgan fingerprint density at radius 1 is 1.00 bits per heavy atom. The molecule has 0 unspecified atom stereocenters. The van der Waals surface area contributed by atoms with Crippen LogP contribution < -0.4 is 0 Å². The molecule has 0 radical (unpaired) electrons. The van der Waals surface area contributed by atoms with Gasteiger partial charge in [-0.15, -0.1) is 5.10 Å². The number of thioether (sulfide) groups is 1. The summed E-state index contributed by atoms with van der Waals surface area (Å²) in [6.07, 6.45) is 0. The zero-order valence-corrected chi connectivity index (χ0v) is 13.3. The quantitative estimate of drug-likeness (QED) is 0.541. The molecule has 7 heteroatoms. The minimum Gasteiger partial charge on any atom is -0.322 e. The Morgan fingerprint density at radius 2 is 1.78 bits per heavy atom. The molecule has 0 fully saturated rings. The minimum absolute atomic E-state index is 0.652. The monoisotopic (exact) mass is 322 g/mol. The fourth-order valence-corrected chi connectivity index (χ4v) is 3.34. The first kappa shape index (κ1) is 14.0. The maximum atomic E-state index is 4.66. The number of hydrogen-bond donors (Lipinski definition) is 0. The predicted molar refractivity (Wildman–Crippen MR) is 89.4 cm³/mol. The van der Waals surface area contributed by atoms with Gasteiger partial charge in [-0.3, -0.25) is 0 Å². The van der Waals surface area contributed by atoms with Gasteiger partial charge < -0.3 is 4.57 Å². The molecule has 0 amide bonds. The van der Waals surface area contributed by atoms with Crippen LogP contribution in [0.5, 0.6) is 0 Å². The van der Waals surface area contributed by atoms with E-state index in [1.54, 1.807) is 16.4 Å². The highest BCUT2D eigenvalue weighted by Gasteiger charge is 2.12. The summed E-state index contributed by atoms with van der Waals surface area (Å²) >= 11 is 1.63. The number of nitrogens with zero attached hydrogens (tertiary/aromatic N) is 6. The lowest BCUT2D eigenvalue weighted by Crippen LogP contribution is -2.02. The zero-order chi connectivity index (χ0) is 15.6. The number of para-hydroxylation sites is 3. The van der Waals surface area contributed by atoms with E-state index in [4.69, 9.17) is 0 Å². The Hall–Kier alpha value is -2.67. The first-order valence-corrected chi connectivity index (χ1v) is 8.18. The van der Waals surface area contributed by atoms with Crippen molar-refractivity contribution in [3.8, 4) is 5.69 Å². The molecule has 0 saturated heterocycles. The first-order valence-electron chi connectivity index (χ1n) is 7.20. The van der Waals surface area contributed by atoms with Crippen LogP contribution in [0.1, 0.15) is 5.82 Å². The number of aromatic nitrogens is 6. The van der Waals surface area contributed by atoms with Gasteiger partial charge in [0.2, 0.25) is 0 Å². The average molecular weight is 322 g/mol. The molecule has 0 aliphatic rings. The van der Waals surface area contributed by atoms with Crippen molar-refractivity contribution >= 4 is 22.8 Å². The summed E-state index contributed by atoms with van der Waals surface area (Å²) < 4.78 is 3.85. The maximum Gasteiger partial charge on any atom is 0.169 e. The highest BCUT2D eigenvalue weighted by Crippen LogP contribution is 2.25. The van der Waals surface area contributed by atoms with Crippen LogP contribution in [0, 0.1) is 0 Å². The molecule has 0 spiro atoms. The van der Waals surface area contributed by atoms with E-state index in [9.17, 15) is 0 Å². The molecule has 2 aromatic carbocycles. The molecular formula is C16H14N6S. The maximum absolute atomic E-state index is 4.66. The molecule has 4 aromatic rings. The fourth-order valence-electron chi connectivity index (χ4n) is 2.45. The lowest BCUT2D eigenvalue weighted by atomic mass is 10.3. The zero-order valence-electron chi connectivity index (χ0n) is 12.5. The largest absolute Gasteiger partial charge is 0.322 e. The van der Waals surface area contributed by atoms with Crippen molar-refractivity contribution in [3.05, 3.63) is 60.4 Å². The van der Waals surface area contributed by atoms with Crippen molar-refractivity contribution in [1.82, 2.24) is 29.8 Å². The van der Waals surface area contributed by atoms with Gasteiger partial charge in [0.05, 0.1) is 22.5 Å². The van der Waals surface area contributed by atoms with Crippen molar-refractivity contribution in [1.29, 1.82) is 0 Å². The van der Waals surface area contributed by atoms with E-state index in [2.05, 4.69) is 31.1 Å². The third kappa shape index (κ3) is 2.59. The van der Waals surface area contributed by atoms with Gasteiger partial charge >= 0.3 is 0 Å². The number of tetrazole rings is 1. The topological polar surface area (TPSA) is 61.4 Å². The van der Waals surface area contributed by atoms with Gasteiger partial charge in [-0.05, 0) is 34.7 Å². The Labute approximate surface area is 137 Å². The van der Waals surface area contributed by atoms with Crippen molar-refractivity contribution in [2.75, 3.05) is 0 Å². The molecule has 0 aliphatic heterocycles. The van der Waals surface area contributed by atoms with Gasteiger partial charge in [-0.25, -0.2) is 4.98 Å². The summed E-state index contributed by atoms with van der Waals surface area (Å²) in [6, 6.07) is 18.0. The second-order valence-electron chi connectivity index (χ2n) is 5.07. The van der Waals surface area contributed by atoms with Gasteiger partial charge in [0.1, 0.15) is 0 Å². The van der Waals surface area contributed by atoms with Crippen LogP contribution in [0.25, 0.3) is 16.7 Å². The second kappa shape index (κ2) is 5.85. The summed E-state index contributed by atoms with van der Waals surface area (Å²) in [6.45, 7) is 0. The molecule has 0 aliphatic carbocycles. The molecule has 0 N–H and O–H groups in total. The number of benzene rings is 2. The normalized spacial score (nSPS) is 11.2. The number of rotatable bonds is 4. The second-order valence-corrected chi connectivity index (χ2v) is 6.02. The van der Waals surface area contributed by atoms with E-state index in [0.717, 1.165) is 27.7 Å². The van der Waals surface area contributed by atoms with Crippen LogP contribution in [0.4, 0.5) is 0 Å². The van der Waals surface area contributed by atoms with Gasteiger partial charge in [0.25, 0.3) is 0 Å². The van der Waals surface area contributed by atoms with E-state index < -0.39 is 0 Å². The smallest absolute Gasteiger partial charge is 0.169 e. The SMILES string of the molecule is Cn1c(SCc2nnnn2-c2ccccc2)nc2ccccc21. The van der Waals surface area contributed by atoms with E-state index in [1.807, 2.05) is 55.6 Å². The van der Waals surface area contributed by atoms with Crippen LogP contribution >= 0.6 is 11.8 Å². The van der Waals surface area contributed by atoms with Crippen molar-refractivity contribution < 1.29 is 0 Å². The molecule has 2 aromatic heterocycles. The standard InChI is InChI=1S/C16H14N6S/c1-21-14-10-6-5-9-13(14)17-16(21)23-11-15-18-19-20-22(15)12-7-3-2-4-8-12/h2-10H,11H2,1H3. The molecule has 23 heavy (non-hydrogen) atoms. The number of fused-ring (bicyclic) bond motifs is 1. The van der Waals surface area contributed by atoms with Crippen LogP contribution in [-0.2, 0) is 12.8 Å². The fraction of sp³-hybridized carbons (Fsp3) is 0.125. The third-order valence-corrected chi connectivity index (χ3v) is 4.64. The molecule has 4 rings (SSSR count). The number of imidazole rings is 1. The van der Waals surface area contributed by atoms with Crippen molar-refractivity contribution in [2.45, 2.75) is 10.9 Å². The Morgan fingerprint density at radius 3 is 2.61 bits per heavy atom. The van der Waals surface area contributed by atoms with E-state index in [-0.39, 0.29) is 0 Å². The van der Waals surface area contributed by atoms with Crippen LogP contribution in [-0.4, -0.2) is 29.8 Å². The summed E-state index contributed by atoms with van der Waals surface area (Å²) in [5.41, 5.74) is 3.08. The summed E-state index contributed by atoms with van der Waals surface area (Å²) in [4.78, 5) is 4.66. The Bertz CT molecular complexity index is 944. The lowest BCUT2D eigenvalue weighted by molar-refractivity contribution is 0.776. The molecule has 0 atom stereocenters. The Kier molecular flexibility index (Phi) is 3.55. The van der Waals surface area contributed by atoms with Crippen molar-refractivity contribution in [2.24, 2.45) is 7.05 Å². The predicted octanol–water partition coefficient (Wildman–Crippen LogP) is 2.84. The lowest BCUT2D eigenvalue weighted by Gasteiger charge is -2.04. The summed E-state index contributed by atoms with van der Waals surface area (Å²) in [5, 5.41) is 13.0. The average Bonchev–Trinajstić information content (AvgIpc) is 3.19. The van der Waals surface area contributed by atoms with Crippen LogP contribution in [0.15, 0.2) is 59.8 Å². The molecule has 0 bridgehead atoms. The molecule has 2 heterocycles. The Balaban J connectivity index is 1.60. The molecule has 6 nitrogen and oxygen atoms in total. The molecule has 0 saturated carbocycles. The first-order chi connectivity index (χ1) is 11.3. The van der Waals surface area contributed by atoms with E-state index in [1.165, 1.54) is 0 Å². The van der Waals surface area contributed by atoms with Gasteiger partial charge in [-0.2, -0.15) is 4.68 Å². The number of aryl methyl sites for hydroxylation is 1. The van der Waals surface area contributed by atoms with Gasteiger partial charge in [0.15, 0.2) is 11.0 Å². The summed E-state index contributed by atoms with van der Waals surface area (Å²) in [7, 11) is 2.03. The molecule has 114 valence electrons. The highest BCUT2D eigenvalue weighted by molar-refractivity contribution is 7.98. The summed E-state index contributed by atoms with van der Waals surface area (Å²) in [5.74, 6) is 1.45. The van der Waals surface area contributed by atoms with E-state index in [0.29, 0.717) is 5.75 Å².